The number of hydrogen-bond acceptors (Lipinski definition) is 16. The molecule has 19 aromatic rings. The molecule has 0 aliphatic carbocycles. The van der Waals surface area contributed by atoms with E-state index < -0.39 is 19.1 Å². The van der Waals surface area contributed by atoms with Crippen LogP contribution in [0.25, 0.3) is 138 Å². The predicted molar refractivity (Wildman–Crippen MR) is 416 cm³/mol. The number of hydrogen-bond donors (Lipinski definition) is 0. The highest BCUT2D eigenvalue weighted by molar-refractivity contribution is 7.31. The number of fused-ring (bicyclic) bond motifs is 18. The number of aromatic nitrogens is 6. The number of rotatable bonds is 3. The average Bonchev–Trinajstić information content (AvgIpc) is 1.63. The summed E-state index contributed by atoms with van der Waals surface area (Å²) in [5, 5.41) is 13.4. The third-order valence-corrected chi connectivity index (χ3v) is 26.2. The number of thiazole rings is 3. The van der Waals surface area contributed by atoms with E-state index in [1.807, 2.05) is 106 Å². The first kappa shape index (κ1) is 66.0. The molecule has 0 saturated carbocycles. The van der Waals surface area contributed by atoms with Gasteiger partial charge in [-0.2, -0.15) is 13.2 Å². The van der Waals surface area contributed by atoms with Crippen molar-refractivity contribution in [3.05, 3.63) is 225 Å². The number of oxazole rings is 3. The van der Waals surface area contributed by atoms with Gasteiger partial charge in [0.1, 0.15) is 21.4 Å². The first-order valence-electron chi connectivity index (χ1n) is 31.5. The van der Waals surface area contributed by atoms with E-state index in [-0.39, 0.29) is 0 Å². The van der Waals surface area contributed by atoms with E-state index in [1.165, 1.54) is 96.6 Å². The van der Waals surface area contributed by atoms with Gasteiger partial charge in [0, 0.05) is 79.2 Å². The number of benzene rings is 10. The molecular weight excluding hydrogens is 1360 g/mol. The van der Waals surface area contributed by atoms with E-state index in [9.17, 15) is 13.2 Å². The Kier molecular flexibility index (Phi) is 18.1. The van der Waals surface area contributed by atoms with E-state index in [0.717, 1.165) is 92.0 Å². The predicted octanol–water partition coefficient (Wildman–Crippen LogP) is 24.6. The molecular formula is C78H64F3N7O3S6Si. The third-order valence-electron chi connectivity index (χ3n) is 16.3. The molecule has 20 heteroatoms. The maximum absolute atomic E-state index is 12.6. The zero-order valence-electron chi connectivity index (χ0n) is 55.3. The summed E-state index contributed by atoms with van der Waals surface area (Å²) in [5.74, 6) is 1.43. The summed E-state index contributed by atoms with van der Waals surface area (Å²) >= 11 is 9.59. The molecule has 9 aromatic heterocycles. The fourth-order valence-corrected chi connectivity index (χ4v) is 19.1. The first-order valence-corrected chi connectivity index (χ1v) is 39.9. The molecule has 10 nitrogen and oxygen atoms in total. The van der Waals surface area contributed by atoms with Crippen molar-refractivity contribution in [2.45, 2.75) is 67.4 Å². The van der Waals surface area contributed by atoms with Crippen molar-refractivity contribution in [2.75, 3.05) is 19.0 Å². The molecule has 10 aromatic carbocycles. The van der Waals surface area contributed by atoms with E-state index in [4.69, 9.17) is 18.2 Å². The minimum atomic E-state index is -4.28. The molecule has 98 heavy (non-hydrogen) atoms. The standard InChI is InChI=1S/C18H13NO.C13H11NO.C13H15NS2Si.C12H12N2S2.C11H6F3NS2.C11H7NO/c1-12-19-18-16-9-7-14(13-5-3-2-4-6-13)11-15(16)8-10-17(18)20-12;1-8-3-5-11-10(7-8)4-6-12-13(11)14-9(2)15-12;1-8-14-13-9-7-12(17(2,3)4)16-10(9)5-6-11(13)15-8;1-7-6-8-9(15-7)4-5-10-11(8)13-12(16-10)14(2)3;1-5-15-10-6-4-9(11(12,13)14)17-7(6)2-3-8(10)16-5;1-2-4-9-8(3-1)5-6-10-11(9)12-7-13-10/h2-11H,1H3;3-7H,1-2H3;5-7H,1-4H3;4-6H,1-3H3;2-4H,1H3;1-7H. The monoisotopic (exact) mass is 1420 g/mol. The van der Waals surface area contributed by atoms with Gasteiger partial charge in [-0.15, -0.1) is 56.7 Å². The Labute approximate surface area is 587 Å². The maximum atomic E-state index is 12.6. The minimum absolute atomic E-state index is 0.564. The van der Waals surface area contributed by atoms with Gasteiger partial charge in [-0.1, -0.05) is 140 Å². The Morgan fingerprint density at radius 1 is 0.398 bits per heavy atom. The summed E-state index contributed by atoms with van der Waals surface area (Å²) in [6.07, 6.45) is -2.79. The van der Waals surface area contributed by atoms with E-state index in [2.05, 4.69) is 192 Å². The summed E-state index contributed by atoms with van der Waals surface area (Å²) in [7, 11) is 2.87. The third kappa shape index (κ3) is 13.7. The van der Waals surface area contributed by atoms with Crippen molar-refractivity contribution in [1.82, 2.24) is 29.9 Å². The van der Waals surface area contributed by atoms with Gasteiger partial charge in [-0.25, -0.2) is 29.9 Å². The molecule has 0 amide bonds. The van der Waals surface area contributed by atoms with Gasteiger partial charge < -0.3 is 18.2 Å². The summed E-state index contributed by atoms with van der Waals surface area (Å²) in [6, 6.07) is 61.8. The summed E-state index contributed by atoms with van der Waals surface area (Å²) < 4.78 is 62.6. The molecule has 0 atom stereocenters. The Bertz CT molecular complexity index is 6020. The fraction of sp³-hybridized carbons (Fsp3) is 0.154. The average molecular weight is 1420 g/mol. The Balaban J connectivity index is 0.000000101. The van der Waals surface area contributed by atoms with Crippen molar-refractivity contribution < 1.29 is 26.4 Å². The molecule has 0 fully saturated rings. The lowest BCUT2D eigenvalue weighted by atomic mass is 10.0. The van der Waals surface area contributed by atoms with Crippen molar-refractivity contribution in [3.8, 4) is 11.1 Å². The largest absolute Gasteiger partial charge is 0.443 e. The van der Waals surface area contributed by atoms with Crippen LogP contribution >= 0.6 is 68.0 Å². The number of alkyl halides is 3. The quantitative estimate of drug-likeness (QED) is 0.158. The SMILES string of the molecule is Cc1cc2c(ccc3sc(N(C)C)nc32)s1.Cc1ccc2c(ccc3oc(C)nc32)c1.Cc1nc2c(ccc3cc(-c4ccccc4)ccc32)o1.Cc1nc2c(ccc3sc(C(F)(F)F)cc32)s1.Cc1nc2c(ccc3sc([Si](C)(C)C)cc32)s1.c1ccc2c(c1)ccc1ocnc12. The van der Waals surface area contributed by atoms with E-state index in [1.54, 1.807) is 33.2 Å². The Morgan fingerprint density at radius 3 is 1.55 bits per heavy atom. The summed E-state index contributed by atoms with van der Waals surface area (Å²) in [6.45, 7) is 19.1. The number of nitrogens with zero attached hydrogens (tertiary/aromatic N) is 7. The molecule has 0 aliphatic heterocycles. The molecule has 0 spiro atoms. The second-order valence-electron chi connectivity index (χ2n) is 25.0. The molecule has 0 unspecified atom stereocenters. The second kappa shape index (κ2) is 26.9. The maximum Gasteiger partial charge on any atom is 0.425 e. The zero-order valence-corrected chi connectivity index (χ0v) is 61.2. The van der Waals surface area contributed by atoms with Crippen LogP contribution in [-0.2, 0) is 6.18 Å². The number of anilines is 1. The molecule has 0 saturated heterocycles. The lowest BCUT2D eigenvalue weighted by Crippen LogP contribution is -2.34. The molecule has 9 heterocycles. The lowest BCUT2D eigenvalue weighted by Gasteiger charge is -2.11. The van der Waals surface area contributed by atoms with Crippen LogP contribution in [0.15, 0.2) is 202 Å². The van der Waals surface area contributed by atoms with Gasteiger partial charge in [-0.05, 0) is 138 Å². The van der Waals surface area contributed by atoms with Crippen molar-refractivity contribution >= 4 is 212 Å². The molecule has 0 N–H and O–H groups in total. The zero-order chi connectivity index (χ0) is 68.3. The second-order valence-corrected chi connectivity index (χ2v) is 37.3. The Hall–Kier alpha value is -9.25. The van der Waals surface area contributed by atoms with Crippen LogP contribution in [-0.4, -0.2) is 52.1 Å². The van der Waals surface area contributed by atoms with Crippen LogP contribution < -0.4 is 9.40 Å². The van der Waals surface area contributed by atoms with Crippen LogP contribution in [0, 0.1) is 41.5 Å². The molecule has 490 valence electrons. The smallest absolute Gasteiger partial charge is 0.425 e. The van der Waals surface area contributed by atoms with Crippen LogP contribution in [0.3, 0.4) is 0 Å². The summed E-state index contributed by atoms with van der Waals surface area (Å²) in [4.78, 5) is 29.6. The highest BCUT2D eigenvalue weighted by Gasteiger charge is 2.33. The van der Waals surface area contributed by atoms with Crippen LogP contribution in [0.4, 0.5) is 18.3 Å². The van der Waals surface area contributed by atoms with Gasteiger partial charge in [0.25, 0.3) is 0 Å². The van der Waals surface area contributed by atoms with Gasteiger partial charge in [0.2, 0.25) is 0 Å². The van der Waals surface area contributed by atoms with Crippen molar-refractivity contribution in [3.63, 3.8) is 0 Å². The summed E-state index contributed by atoms with van der Waals surface area (Å²) in [5.41, 5.74) is 12.1. The van der Waals surface area contributed by atoms with Crippen LogP contribution in [0.2, 0.25) is 19.6 Å². The van der Waals surface area contributed by atoms with Gasteiger partial charge >= 0.3 is 6.18 Å². The molecule has 0 radical (unpaired) electrons. The van der Waals surface area contributed by atoms with Crippen molar-refractivity contribution in [2.24, 2.45) is 0 Å². The topological polar surface area (TPSA) is 120 Å². The van der Waals surface area contributed by atoms with Gasteiger partial charge in [-0.3, -0.25) is 0 Å². The van der Waals surface area contributed by atoms with E-state index in [0.29, 0.717) is 21.5 Å². The Morgan fingerprint density at radius 2 is 0.918 bits per heavy atom. The minimum Gasteiger partial charge on any atom is -0.443 e. The normalized spacial score (nSPS) is 11.8. The number of halogens is 3. The van der Waals surface area contributed by atoms with Crippen LogP contribution in [0.1, 0.15) is 37.1 Å². The van der Waals surface area contributed by atoms with Crippen molar-refractivity contribution in [1.29, 1.82) is 0 Å². The van der Waals surface area contributed by atoms with Gasteiger partial charge in [0.05, 0.1) is 48.7 Å². The van der Waals surface area contributed by atoms with Crippen LogP contribution in [0.5, 0.6) is 0 Å². The highest BCUT2D eigenvalue weighted by Crippen LogP contribution is 2.42. The molecule has 0 bridgehead atoms. The van der Waals surface area contributed by atoms with Gasteiger partial charge in [0.15, 0.2) is 40.1 Å². The highest BCUT2D eigenvalue weighted by atomic mass is 32.1. The fourth-order valence-electron chi connectivity index (χ4n) is 11.7. The number of aryl methyl sites for hydroxylation is 6. The molecule has 0 aliphatic rings. The number of thiophene rings is 3. The molecule has 19 rings (SSSR count). The van der Waals surface area contributed by atoms with E-state index >= 15 is 0 Å². The first-order chi connectivity index (χ1) is 47.0. The lowest BCUT2D eigenvalue weighted by molar-refractivity contribution is -0.134.